The van der Waals surface area contributed by atoms with Gasteiger partial charge in [0, 0.05) is 19.7 Å². The van der Waals surface area contributed by atoms with Gasteiger partial charge in [-0.2, -0.15) is 0 Å². The Bertz CT molecular complexity index is 552. The highest BCUT2D eigenvalue weighted by molar-refractivity contribution is 7.80. The molecule has 8 heteroatoms. The Morgan fingerprint density at radius 3 is 2.40 bits per heavy atom. The Morgan fingerprint density at radius 1 is 1.20 bits per heavy atom. The van der Waals surface area contributed by atoms with E-state index in [0.29, 0.717) is 6.61 Å². The van der Waals surface area contributed by atoms with Crippen molar-refractivity contribution in [2.75, 3.05) is 19.0 Å². The lowest BCUT2D eigenvalue weighted by molar-refractivity contribution is -0.119. The minimum atomic E-state index is -0.536. The van der Waals surface area contributed by atoms with Gasteiger partial charge >= 0.3 is 6.09 Å². The van der Waals surface area contributed by atoms with Gasteiger partial charge in [-0.05, 0) is 43.6 Å². The van der Waals surface area contributed by atoms with E-state index in [1.807, 2.05) is 18.2 Å². The number of carbonyl (C=O) groups excluding carboxylic acids is 2. The molecule has 25 heavy (non-hydrogen) atoms. The maximum atomic E-state index is 11.2. The summed E-state index contributed by atoms with van der Waals surface area (Å²) in [5.41, 5.74) is 6.91. The Balaban J connectivity index is 0.000000823. The van der Waals surface area contributed by atoms with Gasteiger partial charge in [-0.15, -0.1) is 0 Å². The molecule has 0 aliphatic rings. The molecule has 0 bridgehead atoms. The van der Waals surface area contributed by atoms with Crippen LogP contribution in [0.1, 0.15) is 39.2 Å². The third-order valence-corrected chi connectivity index (χ3v) is 3.06. The molecule has 1 aromatic carbocycles. The van der Waals surface area contributed by atoms with Crippen molar-refractivity contribution >= 4 is 35.0 Å². The number of unbranched alkanes of at least 4 members (excludes halogenated alkanes) is 1. The van der Waals surface area contributed by atoms with Crippen molar-refractivity contribution in [1.29, 1.82) is 0 Å². The maximum Gasteiger partial charge on any atom is 0.413 e. The van der Waals surface area contributed by atoms with Crippen LogP contribution in [0.4, 0.5) is 10.5 Å². The summed E-state index contributed by atoms with van der Waals surface area (Å²) in [6.07, 6.45) is 2.71. The number of carbonyl (C=O) groups is 2. The summed E-state index contributed by atoms with van der Waals surface area (Å²) < 4.78 is 4.77. The lowest BCUT2D eigenvalue weighted by Gasteiger charge is -2.13. The Kier molecular flexibility index (Phi) is 12.9. The van der Waals surface area contributed by atoms with E-state index < -0.39 is 6.09 Å². The number of aryl methyl sites for hydroxylation is 1. The summed E-state index contributed by atoms with van der Waals surface area (Å²) in [5.74, 6) is -0.0718. The Hall–Kier alpha value is -2.19. The highest BCUT2D eigenvalue weighted by atomic mass is 32.1. The van der Waals surface area contributed by atoms with Gasteiger partial charge in [-0.3, -0.25) is 15.5 Å². The summed E-state index contributed by atoms with van der Waals surface area (Å²) in [5, 5.41) is 5.75. The maximum absolute atomic E-state index is 11.2. The number of anilines is 1. The molecule has 0 radical (unpaired) electrons. The average molecular weight is 369 g/mol. The number of para-hydroxylation sites is 1. The molecule has 0 aliphatic carbocycles. The standard InChI is InChI=1S/C14H20N2O2S.C3H8N2O/c1-3-5-8-11-9-6-7-10-12(11)15-13(19)16-14(17)18-4-2;1-3(6)5-4-2/h6-7,9-10H,3-5,8H2,1-2H3,(H2,15,16,17,19);4H,1-2H3,(H,5,6). The van der Waals surface area contributed by atoms with Crippen molar-refractivity contribution in [3.63, 3.8) is 0 Å². The first kappa shape index (κ1) is 22.8. The molecule has 0 saturated carbocycles. The number of rotatable bonds is 6. The molecule has 0 unspecified atom stereocenters. The van der Waals surface area contributed by atoms with Crippen molar-refractivity contribution in [3.05, 3.63) is 29.8 Å². The molecular formula is C17H28N4O3S. The summed E-state index contributed by atoms with van der Waals surface area (Å²) >= 11 is 5.08. The van der Waals surface area contributed by atoms with Gasteiger partial charge in [0.1, 0.15) is 0 Å². The first-order chi connectivity index (χ1) is 11.9. The number of hydrazine groups is 1. The predicted octanol–water partition coefficient (Wildman–Crippen LogP) is 2.73. The van der Waals surface area contributed by atoms with Crippen LogP contribution in [0.5, 0.6) is 0 Å². The predicted molar refractivity (Wildman–Crippen MR) is 104 cm³/mol. The molecule has 4 N–H and O–H groups in total. The van der Waals surface area contributed by atoms with Crippen LogP contribution in [0.2, 0.25) is 0 Å². The highest BCUT2D eigenvalue weighted by Crippen LogP contribution is 2.17. The van der Waals surface area contributed by atoms with Crippen molar-refractivity contribution in [3.8, 4) is 0 Å². The van der Waals surface area contributed by atoms with Crippen molar-refractivity contribution in [2.24, 2.45) is 0 Å². The second kappa shape index (κ2) is 14.2. The molecule has 0 saturated heterocycles. The third kappa shape index (κ3) is 11.9. The van der Waals surface area contributed by atoms with Crippen LogP contribution in [0.15, 0.2) is 24.3 Å². The van der Waals surface area contributed by atoms with E-state index in [4.69, 9.17) is 17.0 Å². The van der Waals surface area contributed by atoms with E-state index >= 15 is 0 Å². The van der Waals surface area contributed by atoms with Crippen molar-refractivity contribution in [1.82, 2.24) is 16.2 Å². The summed E-state index contributed by atoms with van der Waals surface area (Å²) in [6.45, 7) is 5.66. The van der Waals surface area contributed by atoms with Crippen LogP contribution < -0.4 is 21.5 Å². The molecule has 0 fully saturated rings. The highest BCUT2D eigenvalue weighted by Gasteiger charge is 2.07. The van der Waals surface area contributed by atoms with Crippen LogP contribution >= 0.6 is 12.2 Å². The van der Waals surface area contributed by atoms with Crippen molar-refractivity contribution in [2.45, 2.75) is 40.0 Å². The van der Waals surface area contributed by atoms with E-state index in [0.717, 1.165) is 24.9 Å². The van der Waals surface area contributed by atoms with Crippen LogP contribution in [-0.4, -0.2) is 30.8 Å². The Morgan fingerprint density at radius 2 is 1.88 bits per heavy atom. The summed E-state index contributed by atoms with van der Waals surface area (Å²) in [7, 11) is 1.64. The largest absolute Gasteiger partial charge is 0.450 e. The molecular weight excluding hydrogens is 340 g/mol. The molecule has 140 valence electrons. The van der Waals surface area contributed by atoms with Crippen LogP contribution in [0.25, 0.3) is 0 Å². The van der Waals surface area contributed by atoms with E-state index in [1.54, 1.807) is 14.0 Å². The normalized spacial score (nSPS) is 9.28. The number of hydrogen-bond acceptors (Lipinski definition) is 5. The minimum Gasteiger partial charge on any atom is -0.450 e. The molecule has 0 heterocycles. The topological polar surface area (TPSA) is 91.5 Å². The minimum absolute atomic E-state index is 0.0718. The molecule has 2 amide bonds. The molecule has 0 spiro atoms. The summed E-state index contributed by atoms with van der Waals surface area (Å²) in [4.78, 5) is 21.1. The number of thiocarbonyl (C=S) groups is 1. The van der Waals surface area contributed by atoms with Gasteiger partial charge in [-0.25, -0.2) is 10.2 Å². The monoisotopic (exact) mass is 368 g/mol. The number of benzene rings is 1. The van der Waals surface area contributed by atoms with Gasteiger partial charge < -0.3 is 10.1 Å². The van der Waals surface area contributed by atoms with E-state index in [1.165, 1.54) is 12.5 Å². The lowest BCUT2D eigenvalue weighted by atomic mass is 10.1. The fourth-order valence-corrected chi connectivity index (χ4v) is 2.01. The van der Waals surface area contributed by atoms with E-state index in [2.05, 4.69) is 34.5 Å². The second-order valence-electron chi connectivity index (χ2n) is 4.99. The average Bonchev–Trinajstić information content (AvgIpc) is 2.54. The van der Waals surface area contributed by atoms with Gasteiger partial charge in [0.2, 0.25) is 5.91 Å². The molecule has 1 rings (SSSR count). The van der Waals surface area contributed by atoms with Crippen LogP contribution in [0, 0.1) is 0 Å². The SMILES string of the molecule is CCCCc1ccccc1NC(=S)NC(=O)OCC.CNNC(C)=O. The zero-order valence-electron chi connectivity index (χ0n) is 15.3. The summed E-state index contributed by atoms with van der Waals surface area (Å²) in [6, 6.07) is 7.94. The second-order valence-corrected chi connectivity index (χ2v) is 5.40. The lowest BCUT2D eigenvalue weighted by Crippen LogP contribution is -2.34. The van der Waals surface area contributed by atoms with Gasteiger partial charge in [-0.1, -0.05) is 31.5 Å². The molecule has 1 aromatic rings. The first-order valence-electron chi connectivity index (χ1n) is 8.20. The van der Waals surface area contributed by atoms with Crippen LogP contribution in [0.3, 0.4) is 0 Å². The first-order valence-corrected chi connectivity index (χ1v) is 8.61. The quantitative estimate of drug-likeness (QED) is 0.456. The molecule has 0 aromatic heterocycles. The molecule has 0 atom stereocenters. The molecule has 0 aliphatic heterocycles. The van der Waals surface area contributed by atoms with Crippen molar-refractivity contribution < 1.29 is 14.3 Å². The zero-order chi connectivity index (χ0) is 19.1. The van der Waals surface area contributed by atoms with Gasteiger partial charge in [0.15, 0.2) is 5.11 Å². The van der Waals surface area contributed by atoms with E-state index in [-0.39, 0.29) is 11.0 Å². The van der Waals surface area contributed by atoms with Gasteiger partial charge in [0.05, 0.1) is 6.61 Å². The number of hydrogen-bond donors (Lipinski definition) is 4. The zero-order valence-corrected chi connectivity index (χ0v) is 16.1. The molecule has 7 nitrogen and oxygen atoms in total. The number of ether oxygens (including phenoxy) is 1. The number of nitrogens with one attached hydrogen (secondary N) is 4. The third-order valence-electron chi connectivity index (χ3n) is 2.86. The number of amides is 2. The smallest absolute Gasteiger partial charge is 0.413 e. The van der Waals surface area contributed by atoms with E-state index in [9.17, 15) is 9.59 Å². The van der Waals surface area contributed by atoms with Crippen LogP contribution in [-0.2, 0) is 16.0 Å². The fourth-order valence-electron chi connectivity index (χ4n) is 1.82. The van der Waals surface area contributed by atoms with Gasteiger partial charge in [0.25, 0.3) is 0 Å². The number of alkyl carbamates (subject to hydrolysis) is 1. The Labute approximate surface area is 154 Å². The fraction of sp³-hybridized carbons (Fsp3) is 0.471.